The lowest BCUT2D eigenvalue weighted by atomic mass is 10.2. The summed E-state index contributed by atoms with van der Waals surface area (Å²) < 4.78 is 10.1. The molecule has 0 amide bonds. The van der Waals surface area contributed by atoms with E-state index in [4.69, 9.17) is 9.47 Å². The predicted octanol–water partition coefficient (Wildman–Crippen LogP) is 2.79. The van der Waals surface area contributed by atoms with E-state index in [9.17, 15) is 9.59 Å². The minimum absolute atomic E-state index is 0.0575. The third-order valence-corrected chi connectivity index (χ3v) is 2.64. The van der Waals surface area contributed by atoms with Crippen molar-refractivity contribution < 1.29 is 19.1 Å². The number of hydrogen-bond acceptors (Lipinski definition) is 5. The molecule has 0 radical (unpaired) electrons. The second kappa shape index (κ2) is 6.65. The minimum atomic E-state index is -0.619. The van der Waals surface area contributed by atoms with Crippen LogP contribution in [0.5, 0.6) is 5.75 Å². The van der Waals surface area contributed by atoms with Gasteiger partial charge in [0.25, 0.3) is 0 Å². The highest BCUT2D eigenvalue weighted by Crippen LogP contribution is 2.14. The fourth-order valence-electron chi connectivity index (χ4n) is 1.71. The van der Waals surface area contributed by atoms with Crippen LogP contribution >= 0.6 is 0 Å². The number of rotatable bonds is 4. The summed E-state index contributed by atoms with van der Waals surface area (Å²) in [6.07, 6.45) is 0. The highest BCUT2D eigenvalue weighted by atomic mass is 16.5. The van der Waals surface area contributed by atoms with E-state index in [1.54, 1.807) is 31.2 Å². The van der Waals surface area contributed by atoms with Crippen molar-refractivity contribution in [1.82, 2.24) is 4.98 Å². The van der Waals surface area contributed by atoms with Gasteiger partial charge in [0.15, 0.2) is 0 Å². The van der Waals surface area contributed by atoms with Gasteiger partial charge in [0.1, 0.15) is 17.1 Å². The largest absolute Gasteiger partial charge is 0.461 e. The Morgan fingerprint density at radius 2 is 1.71 bits per heavy atom. The normalized spacial score (nSPS) is 10.0. The highest BCUT2D eigenvalue weighted by Gasteiger charge is 2.14. The average molecular weight is 285 g/mol. The summed E-state index contributed by atoms with van der Waals surface area (Å²) in [6, 6.07) is 11.7. The summed E-state index contributed by atoms with van der Waals surface area (Å²) in [5.74, 6) is -0.752. The van der Waals surface area contributed by atoms with Gasteiger partial charge in [0.05, 0.1) is 6.61 Å². The van der Waals surface area contributed by atoms with Crippen molar-refractivity contribution in [2.45, 2.75) is 13.8 Å². The molecule has 2 aromatic rings. The molecule has 108 valence electrons. The van der Waals surface area contributed by atoms with Gasteiger partial charge in [0.2, 0.25) is 0 Å². The molecule has 0 N–H and O–H groups in total. The Morgan fingerprint density at radius 1 is 1.05 bits per heavy atom. The van der Waals surface area contributed by atoms with E-state index in [-0.39, 0.29) is 18.0 Å². The van der Waals surface area contributed by atoms with E-state index in [0.29, 0.717) is 5.75 Å². The fraction of sp³-hybridized carbons (Fsp3) is 0.188. The summed E-state index contributed by atoms with van der Waals surface area (Å²) in [7, 11) is 0. The Balaban J connectivity index is 2.16. The molecular formula is C16H15NO4. The zero-order valence-corrected chi connectivity index (χ0v) is 11.8. The first-order valence-electron chi connectivity index (χ1n) is 6.53. The molecular weight excluding hydrogens is 270 g/mol. The first-order chi connectivity index (χ1) is 10.1. The van der Waals surface area contributed by atoms with Gasteiger partial charge in [-0.2, -0.15) is 0 Å². The molecule has 0 bridgehead atoms. The molecule has 2 rings (SSSR count). The molecule has 1 heterocycles. The van der Waals surface area contributed by atoms with Crippen molar-refractivity contribution in [2.75, 3.05) is 6.61 Å². The van der Waals surface area contributed by atoms with Gasteiger partial charge < -0.3 is 9.47 Å². The van der Waals surface area contributed by atoms with Crippen molar-refractivity contribution in [1.29, 1.82) is 0 Å². The predicted molar refractivity (Wildman–Crippen MR) is 76.3 cm³/mol. The van der Waals surface area contributed by atoms with E-state index in [2.05, 4.69) is 4.98 Å². The van der Waals surface area contributed by atoms with Gasteiger partial charge in [0, 0.05) is 0 Å². The number of carbonyl (C=O) groups excluding carboxylic acids is 2. The maximum absolute atomic E-state index is 12.0. The van der Waals surface area contributed by atoms with Crippen LogP contribution < -0.4 is 4.74 Å². The first kappa shape index (κ1) is 14.7. The van der Waals surface area contributed by atoms with Crippen LogP contribution in [0.3, 0.4) is 0 Å². The monoisotopic (exact) mass is 285 g/mol. The molecule has 5 heteroatoms. The SMILES string of the molecule is CCOC(=O)c1cccc(C(=O)Oc2cccc(C)c2)n1. The smallest absolute Gasteiger partial charge is 0.362 e. The number of aromatic nitrogens is 1. The molecule has 1 aromatic heterocycles. The van der Waals surface area contributed by atoms with Gasteiger partial charge in [-0.15, -0.1) is 0 Å². The van der Waals surface area contributed by atoms with Crippen LogP contribution in [0.4, 0.5) is 0 Å². The van der Waals surface area contributed by atoms with Crippen LogP contribution in [-0.2, 0) is 4.74 Å². The maximum atomic E-state index is 12.0. The van der Waals surface area contributed by atoms with Gasteiger partial charge in [-0.25, -0.2) is 14.6 Å². The fourth-order valence-corrected chi connectivity index (χ4v) is 1.71. The summed E-state index contributed by atoms with van der Waals surface area (Å²) in [4.78, 5) is 27.6. The number of hydrogen-bond donors (Lipinski definition) is 0. The number of benzene rings is 1. The molecule has 0 aliphatic carbocycles. The van der Waals surface area contributed by atoms with Gasteiger partial charge in [-0.3, -0.25) is 0 Å². The van der Waals surface area contributed by atoms with Gasteiger partial charge in [-0.05, 0) is 43.7 Å². The molecule has 0 unspecified atom stereocenters. The lowest BCUT2D eigenvalue weighted by Gasteiger charge is -2.06. The second-order valence-corrected chi connectivity index (χ2v) is 4.33. The number of aryl methyl sites for hydroxylation is 1. The van der Waals surface area contributed by atoms with Crippen molar-refractivity contribution in [3.63, 3.8) is 0 Å². The highest BCUT2D eigenvalue weighted by molar-refractivity contribution is 5.92. The zero-order chi connectivity index (χ0) is 15.2. The van der Waals surface area contributed by atoms with Crippen LogP contribution in [0.1, 0.15) is 33.5 Å². The van der Waals surface area contributed by atoms with E-state index < -0.39 is 11.9 Å². The molecule has 0 saturated carbocycles. The maximum Gasteiger partial charge on any atom is 0.362 e. The number of pyridine rings is 1. The van der Waals surface area contributed by atoms with E-state index >= 15 is 0 Å². The Labute approximate surface area is 122 Å². The molecule has 0 spiro atoms. The molecule has 0 saturated heterocycles. The van der Waals surface area contributed by atoms with E-state index in [0.717, 1.165) is 5.56 Å². The van der Waals surface area contributed by atoms with Crippen LogP contribution in [0.25, 0.3) is 0 Å². The minimum Gasteiger partial charge on any atom is -0.461 e. The van der Waals surface area contributed by atoms with Crippen LogP contribution in [-0.4, -0.2) is 23.5 Å². The second-order valence-electron chi connectivity index (χ2n) is 4.33. The third kappa shape index (κ3) is 3.89. The Morgan fingerprint density at radius 3 is 2.38 bits per heavy atom. The van der Waals surface area contributed by atoms with E-state index in [1.165, 1.54) is 12.1 Å². The number of ether oxygens (including phenoxy) is 2. The summed E-state index contributed by atoms with van der Waals surface area (Å²) in [5.41, 5.74) is 1.12. The zero-order valence-electron chi connectivity index (χ0n) is 11.8. The molecule has 21 heavy (non-hydrogen) atoms. The third-order valence-electron chi connectivity index (χ3n) is 2.64. The molecule has 0 atom stereocenters. The van der Waals surface area contributed by atoms with E-state index in [1.807, 2.05) is 13.0 Å². The number of esters is 2. The first-order valence-corrected chi connectivity index (χ1v) is 6.53. The summed E-state index contributed by atoms with van der Waals surface area (Å²) >= 11 is 0. The number of carbonyl (C=O) groups is 2. The van der Waals surface area contributed by atoms with Crippen LogP contribution in [0.2, 0.25) is 0 Å². The average Bonchev–Trinajstić information content (AvgIpc) is 2.47. The quantitative estimate of drug-likeness (QED) is 0.638. The van der Waals surface area contributed by atoms with Crippen LogP contribution in [0.15, 0.2) is 42.5 Å². The number of nitrogens with zero attached hydrogens (tertiary/aromatic N) is 1. The van der Waals surface area contributed by atoms with Crippen molar-refractivity contribution >= 4 is 11.9 Å². The molecule has 0 aliphatic heterocycles. The lowest BCUT2D eigenvalue weighted by Crippen LogP contribution is -2.14. The summed E-state index contributed by atoms with van der Waals surface area (Å²) in [5, 5.41) is 0. The molecule has 0 aliphatic rings. The van der Waals surface area contributed by atoms with Crippen molar-refractivity contribution in [3.8, 4) is 5.75 Å². The van der Waals surface area contributed by atoms with Crippen LogP contribution in [0, 0.1) is 6.92 Å². The van der Waals surface area contributed by atoms with Gasteiger partial charge >= 0.3 is 11.9 Å². The Bertz CT molecular complexity index is 667. The lowest BCUT2D eigenvalue weighted by molar-refractivity contribution is 0.0519. The van der Waals surface area contributed by atoms with Crippen molar-refractivity contribution in [2.24, 2.45) is 0 Å². The summed E-state index contributed by atoms with van der Waals surface area (Å²) in [6.45, 7) is 3.85. The molecule has 5 nitrogen and oxygen atoms in total. The molecule has 0 fully saturated rings. The Hall–Kier alpha value is -2.69. The standard InChI is InChI=1S/C16H15NO4/c1-3-20-15(18)13-8-5-9-14(17-13)16(19)21-12-7-4-6-11(2)10-12/h4-10H,3H2,1-2H3. The Kier molecular flexibility index (Phi) is 4.66. The molecule has 1 aromatic carbocycles. The van der Waals surface area contributed by atoms with Gasteiger partial charge in [-0.1, -0.05) is 18.2 Å². The van der Waals surface area contributed by atoms with Crippen molar-refractivity contribution in [3.05, 3.63) is 59.4 Å². The topological polar surface area (TPSA) is 65.5 Å².